The van der Waals surface area contributed by atoms with Crippen molar-refractivity contribution in [2.45, 2.75) is 52.4 Å². The molecule has 2 saturated heterocycles. The summed E-state index contributed by atoms with van der Waals surface area (Å²) < 4.78 is 16.2. The predicted molar refractivity (Wildman–Crippen MR) is 101 cm³/mol. The van der Waals surface area contributed by atoms with Crippen molar-refractivity contribution in [2.75, 3.05) is 19.7 Å². The molecule has 2 heterocycles. The predicted octanol–water partition coefficient (Wildman–Crippen LogP) is 3.29. The van der Waals surface area contributed by atoms with Crippen LogP contribution in [0.2, 0.25) is 0 Å². The molecule has 2 aliphatic heterocycles. The van der Waals surface area contributed by atoms with Crippen LogP contribution in [0, 0.1) is 0 Å². The van der Waals surface area contributed by atoms with Crippen LogP contribution in [-0.2, 0) is 25.6 Å². The number of likely N-dealkylation sites (tertiary alicyclic amines) is 1. The van der Waals surface area contributed by atoms with Gasteiger partial charge in [-0.25, -0.2) is 9.59 Å². The molecular formula is C21H27NO5. The molecule has 0 N–H and O–H groups in total. The summed E-state index contributed by atoms with van der Waals surface area (Å²) in [6, 6.07) is 5.71. The second kappa shape index (κ2) is 8.13. The summed E-state index contributed by atoms with van der Waals surface area (Å²) in [6.45, 7) is 8.74. The summed E-state index contributed by atoms with van der Waals surface area (Å²) in [5.74, 6) is -1.71. The Morgan fingerprint density at radius 1 is 1.15 bits per heavy atom. The van der Waals surface area contributed by atoms with E-state index in [1.807, 2.05) is 18.2 Å². The van der Waals surface area contributed by atoms with Gasteiger partial charge in [-0.1, -0.05) is 13.0 Å². The summed E-state index contributed by atoms with van der Waals surface area (Å²) in [5.41, 5.74) is 1.71. The number of hydrogen-bond donors (Lipinski definition) is 0. The summed E-state index contributed by atoms with van der Waals surface area (Å²) in [7, 11) is 0. The van der Waals surface area contributed by atoms with Crippen molar-refractivity contribution in [1.82, 2.24) is 4.90 Å². The summed E-state index contributed by atoms with van der Waals surface area (Å²) in [5, 5.41) is 0. The lowest BCUT2D eigenvalue weighted by Gasteiger charge is -2.29. The van der Waals surface area contributed by atoms with Gasteiger partial charge >= 0.3 is 11.9 Å². The van der Waals surface area contributed by atoms with E-state index in [4.69, 9.17) is 14.2 Å². The topological polar surface area (TPSA) is 65.1 Å². The molecule has 146 valence electrons. The smallest absolute Gasteiger partial charge is 0.348 e. The van der Waals surface area contributed by atoms with Gasteiger partial charge in [0.15, 0.2) is 0 Å². The highest BCUT2D eigenvalue weighted by Gasteiger charge is 2.38. The highest BCUT2D eigenvalue weighted by Crippen LogP contribution is 2.27. The van der Waals surface area contributed by atoms with Gasteiger partial charge in [0, 0.05) is 26.0 Å². The number of hydrogen-bond acceptors (Lipinski definition) is 6. The lowest BCUT2D eigenvalue weighted by atomic mass is 10.1. The van der Waals surface area contributed by atoms with Gasteiger partial charge in [-0.2, -0.15) is 0 Å². The van der Waals surface area contributed by atoms with Crippen molar-refractivity contribution in [3.05, 3.63) is 34.9 Å². The zero-order chi connectivity index (χ0) is 19.4. The minimum absolute atomic E-state index is 0.0938. The van der Waals surface area contributed by atoms with Gasteiger partial charge in [0.25, 0.3) is 5.79 Å². The summed E-state index contributed by atoms with van der Waals surface area (Å²) in [6.07, 6.45) is 4.88. The van der Waals surface area contributed by atoms with Crippen LogP contribution in [0.15, 0.2) is 23.8 Å². The third kappa shape index (κ3) is 4.89. The average molecular weight is 373 g/mol. The van der Waals surface area contributed by atoms with Crippen LogP contribution in [-0.4, -0.2) is 42.3 Å². The van der Waals surface area contributed by atoms with Crippen LogP contribution in [0.4, 0.5) is 0 Å². The van der Waals surface area contributed by atoms with E-state index in [1.54, 1.807) is 0 Å². The minimum Gasteiger partial charge on any atom is -0.493 e. The van der Waals surface area contributed by atoms with Crippen LogP contribution >= 0.6 is 0 Å². The quantitative estimate of drug-likeness (QED) is 0.433. The first-order valence-electron chi connectivity index (χ1n) is 9.54. The average Bonchev–Trinajstić information content (AvgIpc) is 3.09. The number of carbonyl (C=O) groups is 2. The highest BCUT2D eigenvalue weighted by molar-refractivity contribution is 6.18. The molecular weight excluding hydrogens is 346 g/mol. The fourth-order valence-electron chi connectivity index (χ4n) is 3.29. The maximum absolute atomic E-state index is 12.2. The Balaban J connectivity index is 1.86. The van der Waals surface area contributed by atoms with E-state index >= 15 is 0 Å². The lowest BCUT2D eigenvalue weighted by Crippen LogP contribution is -2.41. The van der Waals surface area contributed by atoms with Gasteiger partial charge < -0.3 is 14.2 Å². The van der Waals surface area contributed by atoms with E-state index in [1.165, 1.54) is 32.8 Å². The van der Waals surface area contributed by atoms with Crippen LogP contribution in [0.25, 0.3) is 6.08 Å². The van der Waals surface area contributed by atoms with E-state index in [2.05, 4.69) is 11.8 Å². The van der Waals surface area contributed by atoms with Crippen LogP contribution < -0.4 is 4.74 Å². The number of cyclic esters (lactones) is 2. The normalized spacial score (nSPS) is 19.6. The van der Waals surface area contributed by atoms with Crippen molar-refractivity contribution in [1.29, 1.82) is 0 Å². The Morgan fingerprint density at radius 3 is 2.44 bits per heavy atom. The van der Waals surface area contributed by atoms with Crippen LogP contribution in [0.5, 0.6) is 5.75 Å². The number of esters is 2. The molecule has 0 saturated carbocycles. The Kier molecular flexibility index (Phi) is 5.85. The van der Waals surface area contributed by atoms with Crippen molar-refractivity contribution in [3.8, 4) is 5.75 Å². The number of carbonyl (C=O) groups excluding carboxylic acids is 2. The van der Waals surface area contributed by atoms with Crippen molar-refractivity contribution in [3.63, 3.8) is 0 Å². The zero-order valence-electron chi connectivity index (χ0n) is 16.2. The third-order valence-electron chi connectivity index (χ3n) is 4.57. The molecule has 0 unspecified atom stereocenters. The molecule has 0 atom stereocenters. The van der Waals surface area contributed by atoms with Gasteiger partial charge in [-0.3, -0.25) is 4.90 Å². The molecule has 0 aliphatic carbocycles. The molecule has 0 amide bonds. The Hall–Kier alpha value is -2.34. The SMILES string of the molecule is CCCOc1ccc(C=C2C(=O)OC(C)(C)OC2=O)cc1CN1CCCC1. The zero-order valence-corrected chi connectivity index (χ0v) is 16.2. The van der Waals surface area contributed by atoms with Crippen molar-refractivity contribution >= 4 is 18.0 Å². The Morgan fingerprint density at radius 2 is 1.81 bits per heavy atom. The molecule has 0 spiro atoms. The minimum atomic E-state index is -1.23. The molecule has 6 heteroatoms. The number of nitrogens with zero attached hydrogens (tertiary/aromatic N) is 1. The van der Waals surface area contributed by atoms with Gasteiger partial charge in [0.2, 0.25) is 0 Å². The first-order chi connectivity index (χ1) is 12.9. The van der Waals surface area contributed by atoms with E-state index in [-0.39, 0.29) is 5.57 Å². The van der Waals surface area contributed by atoms with Gasteiger partial charge in [0.05, 0.1) is 6.61 Å². The van der Waals surface area contributed by atoms with E-state index in [9.17, 15) is 9.59 Å². The number of benzene rings is 1. The fourth-order valence-corrected chi connectivity index (χ4v) is 3.29. The summed E-state index contributed by atoms with van der Waals surface area (Å²) >= 11 is 0. The number of ether oxygens (including phenoxy) is 3. The van der Waals surface area contributed by atoms with Crippen LogP contribution in [0.1, 0.15) is 51.2 Å². The molecule has 0 radical (unpaired) electrons. The molecule has 6 nitrogen and oxygen atoms in total. The molecule has 27 heavy (non-hydrogen) atoms. The fraction of sp³-hybridized carbons (Fsp3) is 0.524. The van der Waals surface area contributed by atoms with Crippen molar-refractivity contribution < 1.29 is 23.8 Å². The molecule has 0 aromatic heterocycles. The first-order valence-corrected chi connectivity index (χ1v) is 9.54. The van der Waals surface area contributed by atoms with E-state index < -0.39 is 17.7 Å². The van der Waals surface area contributed by atoms with Gasteiger partial charge in [-0.15, -0.1) is 0 Å². The second-order valence-electron chi connectivity index (χ2n) is 7.44. The van der Waals surface area contributed by atoms with Crippen LogP contribution in [0.3, 0.4) is 0 Å². The highest BCUT2D eigenvalue weighted by atomic mass is 16.7. The van der Waals surface area contributed by atoms with Gasteiger partial charge in [-0.05, 0) is 56.1 Å². The molecule has 1 aromatic rings. The Labute approximate surface area is 160 Å². The molecule has 2 fully saturated rings. The standard InChI is InChI=1S/C21H27NO5/c1-4-11-25-18-8-7-15(12-16(18)14-22-9-5-6-10-22)13-17-19(23)26-21(2,3)27-20(17)24/h7-8,12-13H,4-6,9-11,14H2,1-3H3. The molecule has 2 aliphatic rings. The first kappa shape index (κ1) is 19.4. The van der Waals surface area contributed by atoms with E-state index in [0.29, 0.717) is 6.61 Å². The summed E-state index contributed by atoms with van der Waals surface area (Å²) in [4.78, 5) is 26.7. The molecule has 1 aromatic carbocycles. The second-order valence-corrected chi connectivity index (χ2v) is 7.44. The lowest BCUT2D eigenvalue weighted by molar-refractivity contribution is -0.222. The number of rotatable bonds is 6. The largest absolute Gasteiger partial charge is 0.493 e. The maximum atomic E-state index is 12.2. The third-order valence-corrected chi connectivity index (χ3v) is 4.57. The van der Waals surface area contributed by atoms with Crippen molar-refractivity contribution in [2.24, 2.45) is 0 Å². The Bertz CT molecular complexity index is 725. The maximum Gasteiger partial charge on any atom is 0.348 e. The molecule has 0 bridgehead atoms. The molecule has 3 rings (SSSR count). The van der Waals surface area contributed by atoms with E-state index in [0.717, 1.165) is 42.9 Å². The monoisotopic (exact) mass is 373 g/mol. The van der Waals surface area contributed by atoms with Gasteiger partial charge in [0.1, 0.15) is 11.3 Å².